The van der Waals surface area contributed by atoms with Crippen LogP contribution in [0.1, 0.15) is 41.8 Å². The van der Waals surface area contributed by atoms with Crippen molar-refractivity contribution in [2.75, 3.05) is 32.0 Å². The molecule has 3 N–H and O–H groups in total. The number of likely N-dealkylation sites (tertiary alicyclic amines) is 1. The first-order chi connectivity index (χ1) is 17.4. The van der Waals surface area contributed by atoms with Gasteiger partial charge in [0.05, 0.1) is 11.3 Å². The van der Waals surface area contributed by atoms with Gasteiger partial charge in [0.1, 0.15) is 17.3 Å². The molecule has 0 radical (unpaired) electrons. The van der Waals surface area contributed by atoms with E-state index in [1.807, 2.05) is 19.1 Å². The van der Waals surface area contributed by atoms with Crippen LogP contribution in [0.15, 0.2) is 48.7 Å². The number of nitrogens with one attached hydrogen (secondary N) is 3. The van der Waals surface area contributed by atoms with Crippen LogP contribution in [0.25, 0.3) is 11.3 Å². The van der Waals surface area contributed by atoms with Crippen LogP contribution in [-0.4, -0.2) is 54.7 Å². The number of hydrogen-bond acceptors (Lipinski definition) is 6. The Hall–Kier alpha value is -3.78. The van der Waals surface area contributed by atoms with Crippen molar-refractivity contribution in [2.45, 2.75) is 32.7 Å². The molecule has 1 aromatic heterocycles. The minimum absolute atomic E-state index is 0.0354. The third-order valence-electron chi connectivity index (χ3n) is 6.55. The van der Waals surface area contributed by atoms with E-state index < -0.39 is 5.82 Å². The standard InChI is InChI=1S/C28H32FN5O2/c1-4-18-12-20(13-24(29)27(18)28(35)33-21-9-11-34(5-2)17-21)26-15-23(8-10-32-26)36-22-7-6-19(16-30)25(14-22)31-3/h6-8,10,12-16,21,30-31H,4-5,9,11,17H2,1-3H3,(H,33,35). The molecule has 188 valence electrons. The monoisotopic (exact) mass is 489 g/mol. The fourth-order valence-corrected chi connectivity index (χ4v) is 4.55. The van der Waals surface area contributed by atoms with Crippen molar-refractivity contribution in [3.63, 3.8) is 0 Å². The van der Waals surface area contributed by atoms with Gasteiger partial charge in [0.15, 0.2) is 0 Å². The van der Waals surface area contributed by atoms with Gasteiger partial charge in [0.2, 0.25) is 0 Å². The van der Waals surface area contributed by atoms with Crippen LogP contribution in [0.4, 0.5) is 10.1 Å². The Kier molecular flexibility index (Phi) is 7.95. The van der Waals surface area contributed by atoms with E-state index in [1.165, 1.54) is 12.3 Å². The maximum Gasteiger partial charge on any atom is 0.254 e. The molecule has 0 bridgehead atoms. The fraction of sp³-hybridized carbons (Fsp3) is 0.321. The van der Waals surface area contributed by atoms with E-state index in [2.05, 4.69) is 27.4 Å². The summed E-state index contributed by atoms with van der Waals surface area (Å²) in [6.07, 6.45) is 4.27. The van der Waals surface area contributed by atoms with E-state index in [-0.39, 0.29) is 17.5 Å². The Labute approximate surface area is 211 Å². The highest BCUT2D eigenvalue weighted by Crippen LogP contribution is 2.30. The van der Waals surface area contributed by atoms with Crippen LogP contribution < -0.4 is 15.4 Å². The van der Waals surface area contributed by atoms with E-state index in [0.717, 1.165) is 37.3 Å². The summed E-state index contributed by atoms with van der Waals surface area (Å²) < 4.78 is 21.3. The van der Waals surface area contributed by atoms with Crippen LogP contribution in [0.5, 0.6) is 11.5 Å². The molecule has 0 aliphatic carbocycles. The second-order valence-corrected chi connectivity index (χ2v) is 8.82. The molecule has 7 nitrogen and oxygen atoms in total. The van der Waals surface area contributed by atoms with Gasteiger partial charge in [-0.2, -0.15) is 0 Å². The number of ether oxygens (including phenoxy) is 1. The highest BCUT2D eigenvalue weighted by atomic mass is 19.1. The maximum absolute atomic E-state index is 15.3. The van der Waals surface area contributed by atoms with E-state index in [1.54, 1.807) is 37.5 Å². The fourth-order valence-electron chi connectivity index (χ4n) is 4.55. The largest absolute Gasteiger partial charge is 0.457 e. The predicted octanol–water partition coefficient (Wildman–Crippen LogP) is 5.11. The number of aromatic nitrogens is 1. The second-order valence-electron chi connectivity index (χ2n) is 8.82. The lowest BCUT2D eigenvalue weighted by Gasteiger charge is -2.17. The Morgan fingerprint density at radius 1 is 1.22 bits per heavy atom. The molecule has 0 saturated carbocycles. The molecule has 1 saturated heterocycles. The lowest BCUT2D eigenvalue weighted by atomic mass is 9.98. The van der Waals surface area contributed by atoms with Crippen molar-refractivity contribution >= 4 is 17.8 Å². The summed E-state index contributed by atoms with van der Waals surface area (Å²) in [6.45, 7) is 6.68. The SMILES string of the molecule is CCc1cc(-c2cc(Oc3ccc(C=N)c(NC)c3)ccn2)cc(F)c1C(=O)NC1CCN(CC)C1. The second kappa shape index (κ2) is 11.3. The van der Waals surface area contributed by atoms with Crippen LogP contribution >= 0.6 is 0 Å². The molecule has 2 heterocycles. The number of aryl methyl sites for hydroxylation is 1. The lowest BCUT2D eigenvalue weighted by Crippen LogP contribution is -2.37. The summed E-state index contributed by atoms with van der Waals surface area (Å²) in [6, 6.07) is 12.1. The van der Waals surface area contributed by atoms with Crippen molar-refractivity contribution in [3.8, 4) is 22.8 Å². The molecule has 3 aromatic rings. The summed E-state index contributed by atoms with van der Waals surface area (Å²) >= 11 is 0. The molecule has 1 amide bonds. The zero-order valence-electron chi connectivity index (χ0n) is 20.9. The highest BCUT2D eigenvalue weighted by Gasteiger charge is 2.25. The van der Waals surface area contributed by atoms with Crippen LogP contribution in [0, 0.1) is 11.2 Å². The van der Waals surface area contributed by atoms with E-state index >= 15 is 4.39 Å². The van der Waals surface area contributed by atoms with Gasteiger partial charge in [-0.1, -0.05) is 13.8 Å². The summed E-state index contributed by atoms with van der Waals surface area (Å²) in [4.78, 5) is 19.7. The third-order valence-corrected chi connectivity index (χ3v) is 6.55. The van der Waals surface area contributed by atoms with Crippen LogP contribution in [-0.2, 0) is 6.42 Å². The molecule has 1 fully saturated rings. The summed E-state index contributed by atoms with van der Waals surface area (Å²) in [5, 5.41) is 13.6. The molecular weight excluding hydrogens is 457 g/mol. The number of halogens is 1. The number of amides is 1. The predicted molar refractivity (Wildman–Crippen MR) is 141 cm³/mol. The number of anilines is 1. The van der Waals surface area contributed by atoms with Crippen molar-refractivity contribution < 1.29 is 13.9 Å². The number of nitrogens with zero attached hydrogens (tertiary/aromatic N) is 2. The molecule has 1 aliphatic rings. The van der Waals surface area contributed by atoms with Crippen molar-refractivity contribution in [2.24, 2.45) is 0 Å². The first kappa shape index (κ1) is 25.3. The number of hydrogen-bond donors (Lipinski definition) is 3. The van der Waals surface area contributed by atoms with Gasteiger partial charge in [-0.3, -0.25) is 9.78 Å². The average Bonchev–Trinajstić information content (AvgIpc) is 3.35. The molecule has 1 atom stereocenters. The Morgan fingerprint density at radius 2 is 2.03 bits per heavy atom. The number of likely N-dealkylation sites (N-methyl/N-ethyl adjacent to an activating group) is 1. The summed E-state index contributed by atoms with van der Waals surface area (Å²) in [7, 11) is 1.79. The van der Waals surface area contributed by atoms with Gasteiger partial charge in [0.25, 0.3) is 5.91 Å². The van der Waals surface area contributed by atoms with Crippen LogP contribution in [0.3, 0.4) is 0 Å². The summed E-state index contributed by atoms with van der Waals surface area (Å²) in [5.74, 6) is 0.230. The summed E-state index contributed by atoms with van der Waals surface area (Å²) in [5.41, 5.74) is 3.41. The Bertz CT molecular complexity index is 1260. The van der Waals surface area contributed by atoms with E-state index in [9.17, 15) is 4.79 Å². The van der Waals surface area contributed by atoms with Gasteiger partial charge in [-0.05, 0) is 55.3 Å². The molecule has 8 heteroatoms. The smallest absolute Gasteiger partial charge is 0.254 e. The van der Waals surface area contributed by atoms with E-state index in [0.29, 0.717) is 34.7 Å². The molecular formula is C28H32FN5O2. The number of benzene rings is 2. The minimum Gasteiger partial charge on any atom is -0.457 e. The average molecular weight is 490 g/mol. The highest BCUT2D eigenvalue weighted by molar-refractivity contribution is 5.97. The molecule has 1 unspecified atom stereocenters. The quantitative estimate of drug-likeness (QED) is 0.364. The molecule has 2 aromatic carbocycles. The molecule has 36 heavy (non-hydrogen) atoms. The Morgan fingerprint density at radius 3 is 2.72 bits per heavy atom. The molecule has 0 spiro atoms. The number of rotatable bonds is 9. The zero-order valence-corrected chi connectivity index (χ0v) is 20.9. The Balaban J connectivity index is 1.57. The number of pyridine rings is 1. The van der Waals surface area contributed by atoms with Crippen molar-refractivity contribution in [1.82, 2.24) is 15.2 Å². The topological polar surface area (TPSA) is 90.3 Å². The van der Waals surface area contributed by atoms with Gasteiger partial charge >= 0.3 is 0 Å². The lowest BCUT2D eigenvalue weighted by molar-refractivity contribution is 0.0933. The van der Waals surface area contributed by atoms with Gasteiger partial charge in [0, 0.05) is 67.5 Å². The maximum atomic E-state index is 15.3. The molecule has 1 aliphatic heterocycles. The van der Waals surface area contributed by atoms with Gasteiger partial charge < -0.3 is 25.7 Å². The third kappa shape index (κ3) is 5.54. The van der Waals surface area contributed by atoms with Gasteiger partial charge in [-0.25, -0.2) is 4.39 Å². The zero-order chi connectivity index (χ0) is 25.7. The van der Waals surface area contributed by atoms with Crippen LogP contribution in [0.2, 0.25) is 0 Å². The number of carbonyl (C=O) groups excluding carboxylic acids is 1. The van der Waals surface area contributed by atoms with Gasteiger partial charge in [-0.15, -0.1) is 0 Å². The van der Waals surface area contributed by atoms with Crippen molar-refractivity contribution in [1.29, 1.82) is 5.41 Å². The first-order valence-corrected chi connectivity index (χ1v) is 12.3. The first-order valence-electron chi connectivity index (χ1n) is 12.3. The minimum atomic E-state index is -0.554. The normalized spacial score (nSPS) is 15.5. The van der Waals surface area contributed by atoms with E-state index in [4.69, 9.17) is 10.1 Å². The van der Waals surface area contributed by atoms with Crippen molar-refractivity contribution in [3.05, 3.63) is 71.2 Å². The number of carbonyl (C=O) groups is 1. The molecule has 4 rings (SSSR count).